The van der Waals surface area contributed by atoms with Crippen LogP contribution < -0.4 is 0 Å². The Bertz CT molecular complexity index is 743. The van der Waals surface area contributed by atoms with E-state index >= 15 is 0 Å². The molecule has 0 aliphatic carbocycles. The number of aromatic carboxylic acids is 1. The van der Waals surface area contributed by atoms with Gasteiger partial charge >= 0.3 is 5.97 Å². The van der Waals surface area contributed by atoms with Gasteiger partial charge in [0.2, 0.25) is 0 Å². The second-order valence-corrected chi connectivity index (χ2v) is 5.27. The van der Waals surface area contributed by atoms with Crippen molar-refractivity contribution in [3.05, 3.63) is 64.0 Å². The second kappa shape index (κ2) is 4.82. The van der Waals surface area contributed by atoms with E-state index in [1.54, 1.807) is 17.6 Å². The van der Waals surface area contributed by atoms with Crippen LogP contribution in [0.1, 0.15) is 20.8 Å². The molecule has 0 aliphatic heterocycles. The van der Waals surface area contributed by atoms with E-state index in [4.69, 9.17) is 5.11 Å². The lowest BCUT2D eigenvalue weighted by atomic mass is 10.1. The van der Waals surface area contributed by atoms with Crippen molar-refractivity contribution in [1.29, 1.82) is 0 Å². The topological polar surface area (TPSA) is 50.2 Å². The summed E-state index contributed by atoms with van der Waals surface area (Å²) in [6, 6.07) is 11.7. The molecule has 0 fully saturated rings. The molecule has 2 aromatic heterocycles. The van der Waals surface area contributed by atoms with Crippen LogP contribution in [0.4, 0.5) is 0 Å². The highest BCUT2D eigenvalue weighted by molar-refractivity contribution is 7.10. The summed E-state index contributed by atoms with van der Waals surface area (Å²) < 4.78 is 0. The van der Waals surface area contributed by atoms with Crippen LogP contribution in [0.15, 0.2) is 48.0 Å². The molecule has 0 saturated heterocycles. The van der Waals surface area contributed by atoms with E-state index in [1.165, 1.54) is 16.9 Å². The zero-order chi connectivity index (χ0) is 13.2. The number of fused-ring (bicyclic) bond motifs is 1. The van der Waals surface area contributed by atoms with Gasteiger partial charge in [-0.15, -0.1) is 11.3 Å². The molecular formula is C15H11NO2S. The summed E-state index contributed by atoms with van der Waals surface area (Å²) in [6.45, 7) is 0. The molecule has 3 aromatic rings. The number of rotatable bonds is 3. The summed E-state index contributed by atoms with van der Waals surface area (Å²) in [4.78, 5) is 16.3. The van der Waals surface area contributed by atoms with Gasteiger partial charge in [-0.05, 0) is 23.8 Å². The van der Waals surface area contributed by atoms with E-state index < -0.39 is 5.97 Å². The standard InChI is InChI=1S/C15H11NO2S/c17-15(18)11-8-12(19-9-11)7-10-5-6-16-14-4-2-1-3-13(10)14/h1-6,8-9H,7H2,(H,17,18). The first kappa shape index (κ1) is 11.9. The first-order chi connectivity index (χ1) is 9.24. The minimum atomic E-state index is -0.873. The van der Waals surface area contributed by atoms with Crippen LogP contribution in [0.2, 0.25) is 0 Å². The molecule has 0 radical (unpaired) electrons. The molecular weight excluding hydrogens is 258 g/mol. The van der Waals surface area contributed by atoms with Crippen LogP contribution in [0.3, 0.4) is 0 Å². The predicted octanol–water partition coefficient (Wildman–Crippen LogP) is 3.59. The van der Waals surface area contributed by atoms with Crippen molar-refractivity contribution in [2.75, 3.05) is 0 Å². The number of benzene rings is 1. The van der Waals surface area contributed by atoms with Gasteiger partial charge in [0.1, 0.15) is 0 Å². The van der Waals surface area contributed by atoms with Gasteiger partial charge in [-0.1, -0.05) is 18.2 Å². The molecule has 1 aromatic carbocycles. The number of pyridine rings is 1. The zero-order valence-electron chi connectivity index (χ0n) is 10.0. The molecule has 4 heteroatoms. The summed E-state index contributed by atoms with van der Waals surface area (Å²) in [5, 5.41) is 11.7. The fraction of sp³-hybridized carbons (Fsp3) is 0.0667. The lowest BCUT2D eigenvalue weighted by molar-refractivity contribution is 0.0697. The number of carboxylic acid groups (broad SMARTS) is 1. The maximum atomic E-state index is 10.9. The quantitative estimate of drug-likeness (QED) is 0.790. The van der Waals surface area contributed by atoms with E-state index in [0.717, 1.165) is 22.2 Å². The fourth-order valence-electron chi connectivity index (χ4n) is 2.08. The molecule has 0 spiro atoms. The van der Waals surface area contributed by atoms with E-state index in [0.29, 0.717) is 5.56 Å². The van der Waals surface area contributed by atoms with Gasteiger partial charge in [0.05, 0.1) is 11.1 Å². The van der Waals surface area contributed by atoms with Crippen molar-refractivity contribution >= 4 is 28.2 Å². The summed E-state index contributed by atoms with van der Waals surface area (Å²) in [6.07, 6.45) is 2.53. The lowest BCUT2D eigenvalue weighted by Gasteiger charge is -2.04. The first-order valence-electron chi connectivity index (χ1n) is 5.87. The van der Waals surface area contributed by atoms with Gasteiger partial charge in [-0.25, -0.2) is 4.79 Å². The summed E-state index contributed by atoms with van der Waals surface area (Å²) in [5.74, 6) is -0.873. The Labute approximate surface area is 114 Å². The minimum absolute atomic E-state index is 0.360. The van der Waals surface area contributed by atoms with Crippen molar-refractivity contribution in [2.45, 2.75) is 6.42 Å². The van der Waals surface area contributed by atoms with E-state index in [1.807, 2.05) is 30.3 Å². The highest BCUT2D eigenvalue weighted by atomic mass is 32.1. The van der Waals surface area contributed by atoms with E-state index in [2.05, 4.69) is 4.98 Å². The number of para-hydroxylation sites is 1. The van der Waals surface area contributed by atoms with Crippen LogP contribution in [0.5, 0.6) is 0 Å². The van der Waals surface area contributed by atoms with Crippen molar-refractivity contribution in [3.8, 4) is 0 Å². The van der Waals surface area contributed by atoms with Crippen LogP contribution in [0.25, 0.3) is 10.9 Å². The molecule has 0 amide bonds. The number of carboxylic acids is 1. The number of hydrogen-bond donors (Lipinski definition) is 1. The average Bonchev–Trinajstić information content (AvgIpc) is 2.88. The van der Waals surface area contributed by atoms with Gasteiger partial charge in [0.15, 0.2) is 0 Å². The highest BCUT2D eigenvalue weighted by Crippen LogP contribution is 2.23. The Morgan fingerprint density at radius 2 is 2.11 bits per heavy atom. The maximum Gasteiger partial charge on any atom is 0.336 e. The number of thiophene rings is 1. The normalized spacial score (nSPS) is 10.7. The smallest absolute Gasteiger partial charge is 0.336 e. The molecule has 3 nitrogen and oxygen atoms in total. The van der Waals surface area contributed by atoms with Crippen LogP contribution in [-0.4, -0.2) is 16.1 Å². The van der Waals surface area contributed by atoms with Crippen LogP contribution in [0, 0.1) is 0 Å². The molecule has 2 heterocycles. The van der Waals surface area contributed by atoms with Crippen molar-refractivity contribution in [1.82, 2.24) is 4.98 Å². The van der Waals surface area contributed by atoms with Gasteiger partial charge in [-0.3, -0.25) is 4.98 Å². The van der Waals surface area contributed by atoms with Crippen molar-refractivity contribution in [2.24, 2.45) is 0 Å². The monoisotopic (exact) mass is 269 g/mol. The molecule has 0 saturated carbocycles. The zero-order valence-corrected chi connectivity index (χ0v) is 10.9. The molecule has 1 N–H and O–H groups in total. The fourth-order valence-corrected chi connectivity index (χ4v) is 2.96. The summed E-state index contributed by atoms with van der Waals surface area (Å²) in [5.41, 5.74) is 2.50. The molecule has 0 atom stereocenters. The molecule has 3 rings (SSSR count). The third-order valence-electron chi connectivity index (χ3n) is 3.00. The first-order valence-corrected chi connectivity index (χ1v) is 6.75. The molecule has 0 unspecified atom stereocenters. The molecule has 0 aliphatic rings. The molecule has 0 bridgehead atoms. The largest absolute Gasteiger partial charge is 0.478 e. The number of carbonyl (C=O) groups is 1. The third-order valence-corrected chi connectivity index (χ3v) is 3.94. The maximum absolute atomic E-state index is 10.9. The van der Waals surface area contributed by atoms with Gasteiger partial charge in [-0.2, -0.15) is 0 Å². The Hall–Kier alpha value is -2.20. The Morgan fingerprint density at radius 3 is 2.89 bits per heavy atom. The van der Waals surface area contributed by atoms with Gasteiger partial charge < -0.3 is 5.11 Å². The Balaban J connectivity index is 1.98. The van der Waals surface area contributed by atoms with E-state index in [9.17, 15) is 4.79 Å². The Morgan fingerprint density at radius 1 is 1.26 bits per heavy atom. The van der Waals surface area contributed by atoms with Crippen LogP contribution in [-0.2, 0) is 6.42 Å². The number of nitrogens with zero attached hydrogens (tertiary/aromatic N) is 1. The second-order valence-electron chi connectivity index (χ2n) is 4.27. The van der Waals surface area contributed by atoms with Crippen molar-refractivity contribution < 1.29 is 9.90 Å². The lowest BCUT2D eigenvalue weighted by Crippen LogP contribution is -1.93. The average molecular weight is 269 g/mol. The minimum Gasteiger partial charge on any atom is -0.478 e. The van der Waals surface area contributed by atoms with E-state index in [-0.39, 0.29) is 0 Å². The van der Waals surface area contributed by atoms with Gasteiger partial charge in [0, 0.05) is 28.3 Å². The molecule has 94 valence electrons. The number of hydrogen-bond acceptors (Lipinski definition) is 3. The van der Waals surface area contributed by atoms with Crippen molar-refractivity contribution in [3.63, 3.8) is 0 Å². The number of aromatic nitrogens is 1. The summed E-state index contributed by atoms with van der Waals surface area (Å²) >= 11 is 1.48. The third kappa shape index (κ3) is 2.35. The van der Waals surface area contributed by atoms with Crippen LogP contribution >= 0.6 is 11.3 Å². The Kier molecular flexibility index (Phi) is 3.01. The SMILES string of the molecule is O=C(O)c1csc(Cc2ccnc3ccccc23)c1. The van der Waals surface area contributed by atoms with Gasteiger partial charge in [0.25, 0.3) is 0 Å². The summed E-state index contributed by atoms with van der Waals surface area (Å²) in [7, 11) is 0. The highest BCUT2D eigenvalue weighted by Gasteiger charge is 2.08. The molecule has 19 heavy (non-hydrogen) atoms. The predicted molar refractivity (Wildman–Crippen MR) is 75.8 cm³/mol.